The van der Waals surface area contributed by atoms with Gasteiger partial charge in [0, 0.05) is 25.6 Å². The quantitative estimate of drug-likeness (QED) is 0.726. The fourth-order valence-corrected chi connectivity index (χ4v) is 2.76. The minimum atomic E-state index is 0.261. The van der Waals surface area contributed by atoms with Crippen LogP contribution in [-0.2, 0) is 4.79 Å². The summed E-state index contributed by atoms with van der Waals surface area (Å²) in [5.74, 6) is 0.624. The van der Waals surface area contributed by atoms with E-state index in [9.17, 15) is 4.79 Å². The number of hydrogen-bond acceptors (Lipinski definition) is 3. The number of nitrogens with zero attached hydrogens (tertiary/aromatic N) is 2. The molecule has 16 heavy (non-hydrogen) atoms. The zero-order valence-electron chi connectivity index (χ0n) is 10.4. The van der Waals surface area contributed by atoms with Gasteiger partial charge >= 0.3 is 0 Å². The highest BCUT2D eigenvalue weighted by molar-refractivity contribution is 5.79. The van der Waals surface area contributed by atoms with Crippen molar-refractivity contribution in [2.24, 2.45) is 5.92 Å². The van der Waals surface area contributed by atoms with Gasteiger partial charge in [-0.3, -0.25) is 4.79 Å². The maximum absolute atomic E-state index is 12.3. The van der Waals surface area contributed by atoms with Gasteiger partial charge in [0.25, 0.3) is 0 Å². The lowest BCUT2D eigenvalue weighted by Gasteiger charge is -2.30. The van der Waals surface area contributed by atoms with E-state index in [4.69, 9.17) is 0 Å². The molecule has 1 atom stereocenters. The summed E-state index contributed by atoms with van der Waals surface area (Å²) >= 11 is 0. The monoisotopic (exact) mass is 225 g/mol. The van der Waals surface area contributed by atoms with Gasteiger partial charge in [0.2, 0.25) is 5.91 Å². The molecule has 2 aliphatic heterocycles. The molecule has 0 spiro atoms. The number of carbonyl (C=O) groups is 1. The molecule has 0 aromatic heterocycles. The van der Waals surface area contributed by atoms with E-state index in [2.05, 4.69) is 17.3 Å². The lowest BCUT2D eigenvalue weighted by molar-refractivity contribution is -0.136. The van der Waals surface area contributed by atoms with Crippen LogP contribution in [0.5, 0.6) is 0 Å². The molecule has 4 heteroatoms. The van der Waals surface area contributed by atoms with Crippen LogP contribution in [0.1, 0.15) is 19.3 Å². The summed E-state index contributed by atoms with van der Waals surface area (Å²) in [6.45, 7) is 4.14. The zero-order chi connectivity index (χ0) is 11.5. The third-order valence-electron chi connectivity index (χ3n) is 3.95. The van der Waals surface area contributed by atoms with Crippen LogP contribution in [0.25, 0.3) is 0 Å². The number of amides is 1. The van der Waals surface area contributed by atoms with Crippen LogP contribution >= 0.6 is 0 Å². The second kappa shape index (κ2) is 5.15. The third kappa shape index (κ3) is 2.55. The van der Waals surface area contributed by atoms with Gasteiger partial charge in [-0.1, -0.05) is 0 Å². The van der Waals surface area contributed by atoms with Crippen molar-refractivity contribution in [1.82, 2.24) is 15.1 Å². The van der Waals surface area contributed by atoms with Crippen molar-refractivity contribution in [3.05, 3.63) is 0 Å². The summed E-state index contributed by atoms with van der Waals surface area (Å²) < 4.78 is 0. The third-order valence-corrected chi connectivity index (χ3v) is 3.95. The molecule has 2 heterocycles. The summed E-state index contributed by atoms with van der Waals surface area (Å²) in [7, 11) is 4.11. The Hall–Kier alpha value is -0.610. The summed E-state index contributed by atoms with van der Waals surface area (Å²) in [6, 6.07) is 0.437. The number of likely N-dealkylation sites (tertiary alicyclic amines) is 1. The van der Waals surface area contributed by atoms with Crippen molar-refractivity contribution in [3.63, 3.8) is 0 Å². The first-order valence-corrected chi connectivity index (χ1v) is 6.34. The SMILES string of the molecule is CN1CCC(N(C)C(=O)C2CCNCC2)C1. The van der Waals surface area contributed by atoms with Gasteiger partial charge in [0.15, 0.2) is 0 Å². The molecule has 1 unspecified atom stereocenters. The largest absolute Gasteiger partial charge is 0.341 e. The standard InChI is InChI=1S/C12H23N3O/c1-14-8-5-11(9-14)15(2)12(16)10-3-6-13-7-4-10/h10-11,13H,3-9H2,1-2H3. The van der Waals surface area contributed by atoms with Gasteiger partial charge in [-0.2, -0.15) is 0 Å². The molecule has 4 nitrogen and oxygen atoms in total. The Labute approximate surface area is 98.0 Å². The summed E-state index contributed by atoms with van der Waals surface area (Å²) in [4.78, 5) is 16.6. The van der Waals surface area contributed by atoms with Crippen molar-refractivity contribution in [2.45, 2.75) is 25.3 Å². The normalized spacial score (nSPS) is 28.2. The van der Waals surface area contributed by atoms with Gasteiger partial charge < -0.3 is 15.1 Å². The fraction of sp³-hybridized carbons (Fsp3) is 0.917. The molecule has 2 fully saturated rings. The van der Waals surface area contributed by atoms with E-state index in [0.29, 0.717) is 11.9 Å². The van der Waals surface area contributed by atoms with E-state index < -0.39 is 0 Å². The molecule has 0 aromatic carbocycles. The Bertz CT molecular complexity index is 251. The van der Waals surface area contributed by atoms with Crippen LogP contribution in [0, 0.1) is 5.92 Å². The first kappa shape index (κ1) is 11.9. The average Bonchev–Trinajstić information content (AvgIpc) is 2.75. The van der Waals surface area contributed by atoms with Crippen molar-refractivity contribution in [1.29, 1.82) is 0 Å². The first-order chi connectivity index (χ1) is 7.68. The van der Waals surface area contributed by atoms with E-state index in [1.165, 1.54) is 0 Å². The van der Waals surface area contributed by atoms with Crippen molar-refractivity contribution >= 4 is 5.91 Å². The van der Waals surface area contributed by atoms with E-state index in [0.717, 1.165) is 45.4 Å². The minimum Gasteiger partial charge on any atom is -0.341 e. The lowest BCUT2D eigenvalue weighted by Crippen LogP contribution is -2.44. The smallest absolute Gasteiger partial charge is 0.225 e. The van der Waals surface area contributed by atoms with Gasteiger partial charge in [0.05, 0.1) is 0 Å². The first-order valence-electron chi connectivity index (χ1n) is 6.34. The zero-order valence-corrected chi connectivity index (χ0v) is 10.4. The molecule has 0 aromatic rings. The van der Waals surface area contributed by atoms with E-state index in [1.807, 2.05) is 11.9 Å². The molecule has 2 rings (SSSR count). The highest BCUT2D eigenvalue weighted by Gasteiger charge is 2.30. The van der Waals surface area contributed by atoms with Gasteiger partial charge in [-0.25, -0.2) is 0 Å². The van der Waals surface area contributed by atoms with Crippen LogP contribution < -0.4 is 5.32 Å². The highest BCUT2D eigenvalue weighted by atomic mass is 16.2. The Morgan fingerprint density at radius 3 is 2.56 bits per heavy atom. The predicted molar refractivity (Wildman–Crippen MR) is 64.3 cm³/mol. The molecule has 1 N–H and O–H groups in total. The molecule has 0 radical (unpaired) electrons. The van der Waals surface area contributed by atoms with E-state index in [1.54, 1.807) is 0 Å². The Morgan fingerprint density at radius 2 is 2.00 bits per heavy atom. The molecule has 0 saturated carbocycles. The van der Waals surface area contributed by atoms with Crippen molar-refractivity contribution in [2.75, 3.05) is 40.3 Å². The maximum Gasteiger partial charge on any atom is 0.225 e. The van der Waals surface area contributed by atoms with E-state index >= 15 is 0 Å². The number of likely N-dealkylation sites (N-methyl/N-ethyl adjacent to an activating group) is 2. The summed E-state index contributed by atoms with van der Waals surface area (Å²) in [5.41, 5.74) is 0. The van der Waals surface area contributed by atoms with Crippen molar-refractivity contribution in [3.8, 4) is 0 Å². The number of piperidine rings is 1. The summed E-state index contributed by atoms with van der Waals surface area (Å²) in [5, 5.41) is 3.31. The number of hydrogen-bond donors (Lipinski definition) is 1. The van der Waals surface area contributed by atoms with Crippen LogP contribution in [0.3, 0.4) is 0 Å². The molecule has 92 valence electrons. The second-order valence-corrected chi connectivity index (χ2v) is 5.18. The Balaban J connectivity index is 1.88. The average molecular weight is 225 g/mol. The van der Waals surface area contributed by atoms with Gasteiger partial charge in [-0.05, 0) is 45.9 Å². The minimum absolute atomic E-state index is 0.261. The molecular weight excluding hydrogens is 202 g/mol. The topological polar surface area (TPSA) is 35.6 Å². The van der Waals surface area contributed by atoms with Gasteiger partial charge in [-0.15, -0.1) is 0 Å². The maximum atomic E-state index is 12.3. The van der Waals surface area contributed by atoms with E-state index in [-0.39, 0.29) is 5.92 Å². The van der Waals surface area contributed by atoms with Crippen LogP contribution in [-0.4, -0.2) is 62.0 Å². The van der Waals surface area contributed by atoms with Gasteiger partial charge in [0.1, 0.15) is 0 Å². The number of carbonyl (C=O) groups excluding carboxylic acids is 1. The molecule has 2 aliphatic rings. The molecular formula is C12H23N3O. The van der Waals surface area contributed by atoms with Crippen LogP contribution in [0.2, 0.25) is 0 Å². The summed E-state index contributed by atoms with van der Waals surface area (Å²) in [6.07, 6.45) is 3.14. The highest BCUT2D eigenvalue weighted by Crippen LogP contribution is 2.19. The molecule has 0 aliphatic carbocycles. The van der Waals surface area contributed by atoms with Crippen molar-refractivity contribution < 1.29 is 4.79 Å². The molecule has 1 amide bonds. The predicted octanol–water partition coefficient (Wildman–Crippen LogP) is 0.149. The Morgan fingerprint density at radius 1 is 1.31 bits per heavy atom. The van der Waals surface area contributed by atoms with Crippen LogP contribution in [0.15, 0.2) is 0 Å². The second-order valence-electron chi connectivity index (χ2n) is 5.18. The lowest BCUT2D eigenvalue weighted by atomic mass is 9.96. The molecule has 0 bridgehead atoms. The Kier molecular flexibility index (Phi) is 3.82. The fourth-order valence-electron chi connectivity index (χ4n) is 2.76. The number of nitrogens with one attached hydrogen (secondary N) is 1. The number of rotatable bonds is 2. The molecule has 2 saturated heterocycles. The van der Waals surface area contributed by atoms with Crippen LogP contribution in [0.4, 0.5) is 0 Å².